The van der Waals surface area contributed by atoms with E-state index in [0.29, 0.717) is 30.9 Å². The molecule has 1 aliphatic carbocycles. The molecule has 156 valence electrons. The van der Waals surface area contributed by atoms with E-state index in [2.05, 4.69) is 21.2 Å². The number of carbonyl (C=O) groups is 2. The van der Waals surface area contributed by atoms with Crippen molar-refractivity contribution in [2.24, 2.45) is 35.5 Å². The number of nitrogens with one attached hydrogen (secondary N) is 3. The zero-order valence-electron chi connectivity index (χ0n) is 16.6. The molecule has 10 nitrogen and oxygen atoms in total. The molecule has 1 aromatic rings. The summed E-state index contributed by atoms with van der Waals surface area (Å²) >= 11 is 0. The van der Waals surface area contributed by atoms with Crippen LogP contribution < -0.4 is 33.5 Å². The van der Waals surface area contributed by atoms with Crippen LogP contribution in [0.15, 0.2) is 17.4 Å². The number of nitrogens with zero attached hydrogens (tertiary/aromatic N) is 2. The van der Waals surface area contributed by atoms with Gasteiger partial charge in [-0.15, -0.1) is 0 Å². The highest BCUT2D eigenvalue weighted by Crippen LogP contribution is 2.26. The first kappa shape index (κ1) is 21.7. The van der Waals surface area contributed by atoms with Crippen molar-refractivity contribution in [1.82, 2.24) is 20.6 Å². The molecule has 3 atom stereocenters. The molecule has 0 bridgehead atoms. The maximum atomic E-state index is 12.9. The Hall–Kier alpha value is -2.59. The Labute approximate surface area is 165 Å². The Bertz CT molecular complexity index is 714. The van der Waals surface area contributed by atoms with Crippen LogP contribution in [0, 0.1) is 12.8 Å². The van der Waals surface area contributed by atoms with Crippen molar-refractivity contribution < 1.29 is 9.59 Å². The molecule has 2 amide bonds. The first-order chi connectivity index (χ1) is 13.4. The Morgan fingerprint density at radius 1 is 1.39 bits per heavy atom. The number of hydrazine groups is 1. The lowest BCUT2D eigenvalue weighted by Gasteiger charge is -2.25. The monoisotopic (exact) mass is 392 g/mol. The Balaban J connectivity index is 2.08. The molecular weight excluding hydrogens is 360 g/mol. The van der Waals surface area contributed by atoms with Crippen LogP contribution in [0.5, 0.6) is 0 Å². The lowest BCUT2D eigenvalue weighted by molar-refractivity contribution is -0.124. The van der Waals surface area contributed by atoms with Crippen LogP contribution in [-0.2, 0) is 11.8 Å². The van der Waals surface area contributed by atoms with Gasteiger partial charge in [-0.05, 0) is 50.8 Å². The Morgan fingerprint density at radius 2 is 2.14 bits per heavy atom. The number of carbonyl (C=O) groups excluding carboxylic acids is 2. The van der Waals surface area contributed by atoms with Crippen LogP contribution in [0.2, 0.25) is 0 Å². The minimum atomic E-state index is -0.670. The molecule has 1 saturated carbocycles. The predicted molar refractivity (Wildman–Crippen MR) is 108 cm³/mol. The van der Waals surface area contributed by atoms with E-state index in [0.717, 1.165) is 24.8 Å². The molecule has 2 rings (SSSR count). The fraction of sp³-hybridized carbons (Fsp3) is 0.611. The molecule has 28 heavy (non-hydrogen) atoms. The summed E-state index contributed by atoms with van der Waals surface area (Å²) in [5.41, 5.74) is 9.60. The zero-order chi connectivity index (χ0) is 20.7. The summed E-state index contributed by atoms with van der Waals surface area (Å²) in [5, 5.41) is 9.56. The van der Waals surface area contributed by atoms with Crippen LogP contribution in [0.25, 0.3) is 0 Å². The van der Waals surface area contributed by atoms with Gasteiger partial charge in [0.15, 0.2) is 0 Å². The van der Waals surface area contributed by atoms with Gasteiger partial charge in [0.05, 0.1) is 0 Å². The maximum absolute atomic E-state index is 12.9. The Morgan fingerprint density at radius 3 is 2.71 bits per heavy atom. The highest BCUT2D eigenvalue weighted by molar-refractivity contribution is 5.96. The summed E-state index contributed by atoms with van der Waals surface area (Å²) in [5.74, 6) is 10.7. The normalized spacial score (nSPS) is 20.6. The average Bonchev–Trinajstić information content (AvgIpc) is 3.25. The summed E-state index contributed by atoms with van der Waals surface area (Å²) in [7, 11) is 1.80. The van der Waals surface area contributed by atoms with Gasteiger partial charge in [-0.3, -0.25) is 9.59 Å². The summed E-state index contributed by atoms with van der Waals surface area (Å²) in [6, 6.07) is 0.981. The second-order valence-corrected chi connectivity index (χ2v) is 7.28. The lowest BCUT2D eigenvalue weighted by atomic mass is 10.0. The maximum Gasteiger partial charge on any atom is 0.268 e. The summed E-state index contributed by atoms with van der Waals surface area (Å²) in [6.07, 6.45) is 5.50. The van der Waals surface area contributed by atoms with Crippen molar-refractivity contribution in [3.8, 4) is 0 Å². The number of rotatable bonds is 8. The average molecular weight is 393 g/mol. The highest BCUT2D eigenvalue weighted by Gasteiger charge is 2.34. The van der Waals surface area contributed by atoms with Gasteiger partial charge in [0.1, 0.15) is 17.6 Å². The third-order valence-electron chi connectivity index (χ3n) is 5.17. The minimum Gasteiger partial charge on any atom is -0.351 e. The van der Waals surface area contributed by atoms with Crippen LogP contribution in [0.3, 0.4) is 0 Å². The molecule has 0 radical (unpaired) electrons. The molecule has 1 aromatic heterocycles. The molecule has 3 unspecified atom stereocenters. The lowest BCUT2D eigenvalue weighted by Crippen LogP contribution is -2.53. The SMILES string of the molecule is Cc1cc(C(=O)NC(CCCN)C(=O)NC2CCCC2/C(=N/N)NN)n(C)c1. The van der Waals surface area contributed by atoms with E-state index in [-0.39, 0.29) is 23.8 Å². The number of nitrogens with two attached hydrogens (primary N) is 3. The van der Waals surface area contributed by atoms with Crippen molar-refractivity contribution in [3.63, 3.8) is 0 Å². The molecule has 0 saturated heterocycles. The van der Waals surface area contributed by atoms with E-state index in [1.165, 1.54) is 0 Å². The van der Waals surface area contributed by atoms with Gasteiger partial charge in [0.2, 0.25) is 5.91 Å². The van der Waals surface area contributed by atoms with Crippen molar-refractivity contribution in [2.75, 3.05) is 6.54 Å². The summed E-state index contributed by atoms with van der Waals surface area (Å²) in [4.78, 5) is 25.6. The first-order valence-electron chi connectivity index (χ1n) is 9.59. The van der Waals surface area contributed by atoms with E-state index in [1.807, 2.05) is 13.1 Å². The van der Waals surface area contributed by atoms with Gasteiger partial charge in [-0.1, -0.05) is 6.42 Å². The standard InChI is InChI=1S/C18H32N8O2/c1-11-9-15(26(2)10-11)18(28)23-14(7-4-8-19)17(27)22-13-6-3-5-12(13)16(24-20)25-21/h9-10,12-14H,3-8,19-21H2,1-2H3,(H,22,27)(H,23,28)(H,24,25). The number of aryl methyl sites for hydroxylation is 2. The molecule has 0 aliphatic heterocycles. The third-order valence-corrected chi connectivity index (χ3v) is 5.17. The van der Waals surface area contributed by atoms with Gasteiger partial charge >= 0.3 is 0 Å². The molecule has 0 aromatic carbocycles. The summed E-state index contributed by atoms with van der Waals surface area (Å²) in [6.45, 7) is 2.35. The topological polar surface area (TPSA) is 166 Å². The number of aromatic nitrogens is 1. The highest BCUT2D eigenvalue weighted by atomic mass is 16.2. The second kappa shape index (κ2) is 10.1. The fourth-order valence-electron chi connectivity index (χ4n) is 3.76. The second-order valence-electron chi connectivity index (χ2n) is 7.28. The van der Waals surface area contributed by atoms with Gasteiger partial charge in [-0.2, -0.15) is 5.10 Å². The number of hydrogen-bond donors (Lipinski definition) is 6. The van der Waals surface area contributed by atoms with Crippen molar-refractivity contribution >= 4 is 17.6 Å². The summed E-state index contributed by atoms with van der Waals surface area (Å²) < 4.78 is 1.74. The number of hydrogen-bond acceptors (Lipinski definition) is 6. The number of amidine groups is 1. The van der Waals surface area contributed by atoms with Gasteiger partial charge < -0.3 is 32.2 Å². The van der Waals surface area contributed by atoms with Crippen LogP contribution in [0.1, 0.15) is 48.2 Å². The Kier molecular flexibility index (Phi) is 7.82. The van der Waals surface area contributed by atoms with Crippen molar-refractivity contribution in [3.05, 3.63) is 23.5 Å². The zero-order valence-corrected chi connectivity index (χ0v) is 16.6. The molecule has 1 fully saturated rings. The predicted octanol–water partition coefficient (Wildman–Crippen LogP) is -0.809. The van der Waals surface area contributed by atoms with Crippen LogP contribution in [-0.4, -0.2) is 40.8 Å². The quantitative estimate of drug-likeness (QED) is 0.146. The van der Waals surface area contributed by atoms with E-state index in [1.54, 1.807) is 17.7 Å². The smallest absolute Gasteiger partial charge is 0.268 e. The van der Waals surface area contributed by atoms with Crippen LogP contribution >= 0.6 is 0 Å². The van der Waals surface area contributed by atoms with E-state index in [9.17, 15) is 9.59 Å². The number of hydrazone groups is 1. The molecular formula is C18H32N8O2. The third kappa shape index (κ3) is 5.23. The van der Waals surface area contributed by atoms with E-state index < -0.39 is 6.04 Å². The molecule has 1 heterocycles. The first-order valence-corrected chi connectivity index (χ1v) is 9.59. The molecule has 10 heteroatoms. The fourth-order valence-corrected chi connectivity index (χ4v) is 3.76. The van der Waals surface area contributed by atoms with Crippen molar-refractivity contribution in [2.45, 2.75) is 51.1 Å². The van der Waals surface area contributed by atoms with Crippen LogP contribution in [0.4, 0.5) is 0 Å². The largest absolute Gasteiger partial charge is 0.351 e. The van der Waals surface area contributed by atoms with Gasteiger partial charge in [0, 0.05) is 25.2 Å². The van der Waals surface area contributed by atoms with Gasteiger partial charge in [-0.25, -0.2) is 5.84 Å². The minimum absolute atomic E-state index is 0.0691. The van der Waals surface area contributed by atoms with Gasteiger partial charge in [0.25, 0.3) is 5.91 Å². The molecule has 0 spiro atoms. The van der Waals surface area contributed by atoms with E-state index in [4.69, 9.17) is 17.4 Å². The molecule has 1 aliphatic rings. The van der Waals surface area contributed by atoms with Crippen molar-refractivity contribution in [1.29, 1.82) is 0 Å². The van der Waals surface area contributed by atoms with E-state index >= 15 is 0 Å². The number of amides is 2. The molecule has 9 N–H and O–H groups in total.